The molecule has 1 aromatic carbocycles. The lowest BCUT2D eigenvalue weighted by Gasteiger charge is -2.29. The molecule has 0 N–H and O–H groups in total. The highest BCUT2D eigenvalue weighted by atomic mass is 32.2. The number of carbonyl (C=O) groups is 2. The summed E-state index contributed by atoms with van der Waals surface area (Å²) >= 11 is 1.40. The fourth-order valence-electron chi connectivity index (χ4n) is 2.95. The van der Waals surface area contributed by atoms with Crippen LogP contribution in [0.15, 0.2) is 40.5 Å². The average molecular weight is 359 g/mol. The van der Waals surface area contributed by atoms with Gasteiger partial charge in [0.1, 0.15) is 6.04 Å². The van der Waals surface area contributed by atoms with Crippen molar-refractivity contribution >= 4 is 34.5 Å². The lowest BCUT2D eigenvalue weighted by atomic mass is 9.95. The highest BCUT2D eigenvalue weighted by Gasteiger charge is 2.40. The monoisotopic (exact) mass is 359 g/mol. The van der Waals surface area contributed by atoms with Crippen LogP contribution in [0.5, 0.6) is 0 Å². The molecule has 6 nitrogen and oxygen atoms in total. The zero-order chi connectivity index (χ0) is 18.1. The number of allylic oxidation sites excluding steroid dienone is 1. The molecule has 2 aliphatic heterocycles. The molecule has 1 amide bonds. The third-order valence-electron chi connectivity index (χ3n) is 4.22. The molecule has 1 atom stereocenters. The number of rotatable bonds is 4. The summed E-state index contributed by atoms with van der Waals surface area (Å²) in [6.45, 7) is 3.83. The standard InChI is InChI=1S/C18H21N3O3S/c1-5-24-17(23)15-11(2)21-14(22)10-25-18(21)19-16(15)12-6-8-13(9-7-12)20(3)4/h6-9,16H,5,10H2,1-4H3. The van der Waals surface area contributed by atoms with E-state index in [-0.39, 0.29) is 12.5 Å². The molecule has 2 heterocycles. The van der Waals surface area contributed by atoms with Crippen LogP contribution in [0.25, 0.3) is 0 Å². The average Bonchev–Trinajstić information content (AvgIpc) is 2.96. The third kappa shape index (κ3) is 3.16. The van der Waals surface area contributed by atoms with E-state index in [0.29, 0.717) is 22.2 Å². The van der Waals surface area contributed by atoms with Crippen molar-refractivity contribution in [2.75, 3.05) is 31.4 Å². The fourth-order valence-corrected chi connectivity index (χ4v) is 3.87. The number of ether oxygens (including phenoxy) is 1. The Kier molecular flexibility index (Phi) is 4.85. The zero-order valence-corrected chi connectivity index (χ0v) is 15.6. The lowest BCUT2D eigenvalue weighted by Crippen LogP contribution is -2.35. The lowest BCUT2D eigenvalue weighted by molar-refractivity contribution is -0.139. The van der Waals surface area contributed by atoms with E-state index in [9.17, 15) is 9.59 Å². The van der Waals surface area contributed by atoms with Crippen molar-refractivity contribution in [3.05, 3.63) is 41.1 Å². The van der Waals surface area contributed by atoms with Crippen LogP contribution in [-0.2, 0) is 14.3 Å². The van der Waals surface area contributed by atoms with Crippen molar-refractivity contribution in [3.8, 4) is 0 Å². The van der Waals surface area contributed by atoms with Gasteiger partial charge in [0, 0.05) is 25.5 Å². The van der Waals surface area contributed by atoms with E-state index in [1.807, 2.05) is 43.3 Å². The van der Waals surface area contributed by atoms with Crippen LogP contribution in [0, 0.1) is 0 Å². The van der Waals surface area contributed by atoms with Gasteiger partial charge >= 0.3 is 5.97 Å². The summed E-state index contributed by atoms with van der Waals surface area (Å²) in [5.74, 6) is -0.128. The maximum Gasteiger partial charge on any atom is 0.338 e. The highest BCUT2D eigenvalue weighted by molar-refractivity contribution is 8.15. The molecule has 1 fully saturated rings. The van der Waals surface area contributed by atoms with E-state index in [1.165, 1.54) is 16.7 Å². The topological polar surface area (TPSA) is 62.2 Å². The molecular weight excluding hydrogens is 338 g/mol. The molecule has 1 saturated heterocycles. The second-order valence-corrected chi connectivity index (χ2v) is 6.98. The zero-order valence-electron chi connectivity index (χ0n) is 14.8. The fraction of sp³-hybridized carbons (Fsp3) is 0.389. The minimum Gasteiger partial charge on any atom is -0.463 e. The van der Waals surface area contributed by atoms with Gasteiger partial charge in [0.2, 0.25) is 5.91 Å². The Labute approximate surface area is 151 Å². The predicted octanol–water partition coefficient (Wildman–Crippen LogP) is 2.58. The van der Waals surface area contributed by atoms with E-state index in [1.54, 1.807) is 13.8 Å². The molecule has 7 heteroatoms. The first-order valence-corrected chi connectivity index (χ1v) is 9.11. The first-order valence-electron chi connectivity index (χ1n) is 8.12. The second kappa shape index (κ2) is 6.92. The first-order chi connectivity index (χ1) is 11.9. The van der Waals surface area contributed by atoms with Gasteiger partial charge in [-0.1, -0.05) is 23.9 Å². The van der Waals surface area contributed by atoms with Crippen molar-refractivity contribution in [1.82, 2.24) is 4.90 Å². The van der Waals surface area contributed by atoms with Gasteiger partial charge in [0.25, 0.3) is 0 Å². The molecule has 0 bridgehead atoms. The molecule has 0 saturated carbocycles. The molecule has 2 aliphatic rings. The summed E-state index contributed by atoms with van der Waals surface area (Å²) < 4.78 is 5.23. The van der Waals surface area contributed by atoms with Gasteiger partial charge in [-0.3, -0.25) is 9.69 Å². The number of carbonyl (C=O) groups excluding carboxylic acids is 2. The van der Waals surface area contributed by atoms with Crippen LogP contribution in [0.4, 0.5) is 5.69 Å². The van der Waals surface area contributed by atoms with E-state index >= 15 is 0 Å². The smallest absolute Gasteiger partial charge is 0.338 e. The van der Waals surface area contributed by atoms with Gasteiger partial charge in [-0.05, 0) is 31.5 Å². The van der Waals surface area contributed by atoms with Gasteiger partial charge in [-0.2, -0.15) is 0 Å². The number of esters is 1. The third-order valence-corrected chi connectivity index (χ3v) is 5.16. The minimum absolute atomic E-state index is 0.0514. The summed E-state index contributed by atoms with van der Waals surface area (Å²) in [4.78, 5) is 32.9. The van der Waals surface area contributed by atoms with Crippen molar-refractivity contribution < 1.29 is 14.3 Å². The molecule has 0 aromatic heterocycles. The number of benzene rings is 1. The van der Waals surface area contributed by atoms with Crippen LogP contribution >= 0.6 is 11.8 Å². The Morgan fingerprint density at radius 1 is 1.36 bits per heavy atom. The van der Waals surface area contributed by atoms with Crippen LogP contribution in [-0.4, -0.2) is 48.4 Å². The molecule has 1 unspecified atom stereocenters. The van der Waals surface area contributed by atoms with Gasteiger partial charge < -0.3 is 9.64 Å². The van der Waals surface area contributed by atoms with E-state index in [0.717, 1.165) is 11.3 Å². The van der Waals surface area contributed by atoms with E-state index < -0.39 is 12.0 Å². The van der Waals surface area contributed by atoms with E-state index in [2.05, 4.69) is 4.99 Å². The van der Waals surface area contributed by atoms with Gasteiger partial charge in [-0.15, -0.1) is 0 Å². The number of anilines is 1. The molecule has 132 valence electrons. The number of amides is 1. The van der Waals surface area contributed by atoms with Crippen LogP contribution in [0.2, 0.25) is 0 Å². The van der Waals surface area contributed by atoms with Crippen LogP contribution in [0.1, 0.15) is 25.5 Å². The number of aliphatic imine (C=N–C) groups is 1. The van der Waals surface area contributed by atoms with Crippen molar-refractivity contribution in [1.29, 1.82) is 0 Å². The largest absolute Gasteiger partial charge is 0.463 e. The molecule has 0 spiro atoms. The van der Waals surface area contributed by atoms with Gasteiger partial charge in [-0.25, -0.2) is 9.79 Å². The number of hydrogen-bond acceptors (Lipinski definition) is 6. The van der Waals surface area contributed by atoms with Crippen LogP contribution in [0.3, 0.4) is 0 Å². The molecule has 3 rings (SSSR count). The maximum absolute atomic E-state index is 12.6. The number of hydrogen-bond donors (Lipinski definition) is 0. The predicted molar refractivity (Wildman–Crippen MR) is 99.6 cm³/mol. The van der Waals surface area contributed by atoms with Crippen molar-refractivity contribution in [2.45, 2.75) is 19.9 Å². The Morgan fingerprint density at radius 2 is 2.04 bits per heavy atom. The normalized spacial score (nSPS) is 19.7. The summed E-state index contributed by atoms with van der Waals surface area (Å²) in [6, 6.07) is 7.46. The number of fused-ring (bicyclic) bond motifs is 1. The Hall–Kier alpha value is -2.28. The van der Waals surface area contributed by atoms with Crippen molar-refractivity contribution in [2.24, 2.45) is 4.99 Å². The quantitative estimate of drug-likeness (QED) is 0.773. The molecule has 1 aromatic rings. The Bertz CT molecular complexity index is 768. The molecule has 0 radical (unpaired) electrons. The summed E-state index contributed by atoms with van der Waals surface area (Å²) in [6.07, 6.45) is 0. The summed E-state index contributed by atoms with van der Waals surface area (Å²) in [7, 11) is 3.95. The Morgan fingerprint density at radius 3 is 2.64 bits per heavy atom. The maximum atomic E-state index is 12.6. The molecule has 25 heavy (non-hydrogen) atoms. The van der Waals surface area contributed by atoms with Crippen molar-refractivity contribution in [3.63, 3.8) is 0 Å². The molecular formula is C18H21N3O3S. The first kappa shape index (κ1) is 17.5. The van der Waals surface area contributed by atoms with E-state index in [4.69, 9.17) is 4.74 Å². The number of nitrogens with zero attached hydrogens (tertiary/aromatic N) is 3. The summed E-state index contributed by atoms with van der Waals surface area (Å²) in [5, 5.41) is 0.650. The second-order valence-electron chi connectivity index (χ2n) is 6.04. The Balaban J connectivity index is 2.05. The number of amidine groups is 1. The van der Waals surface area contributed by atoms with Gasteiger partial charge in [0.15, 0.2) is 5.17 Å². The number of thioether (sulfide) groups is 1. The molecule has 0 aliphatic carbocycles. The summed E-state index contributed by atoms with van der Waals surface area (Å²) in [5.41, 5.74) is 3.01. The van der Waals surface area contributed by atoms with Crippen LogP contribution < -0.4 is 4.90 Å². The minimum atomic E-state index is -0.458. The highest BCUT2D eigenvalue weighted by Crippen LogP contribution is 2.39. The SMILES string of the molecule is CCOC(=O)C1=C(C)N2C(=O)CSC2=NC1c1ccc(N(C)C)cc1. The van der Waals surface area contributed by atoms with Gasteiger partial charge in [0.05, 0.1) is 17.9 Å².